The van der Waals surface area contributed by atoms with Gasteiger partial charge in [-0.3, -0.25) is 4.79 Å². The number of rotatable bonds is 5. The summed E-state index contributed by atoms with van der Waals surface area (Å²) in [6.45, 7) is 2.39. The second-order valence-electron chi connectivity index (χ2n) is 5.20. The van der Waals surface area contributed by atoms with Crippen LogP contribution in [0.3, 0.4) is 0 Å². The van der Waals surface area contributed by atoms with Gasteiger partial charge in [-0.05, 0) is 36.6 Å². The Morgan fingerprint density at radius 1 is 1.38 bits per heavy atom. The molecule has 0 spiro atoms. The molecule has 6 heteroatoms. The third kappa shape index (κ3) is 4.85. The highest BCUT2D eigenvalue weighted by molar-refractivity contribution is 6.33. The molecule has 1 aliphatic rings. The van der Waals surface area contributed by atoms with Gasteiger partial charge in [-0.2, -0.15) is 0 Å². The van der Waals surface area contributed by atoms with Gasteiger partial charge in [0.1, 0.15) is 6.61 Å². The molecule has 0 atom stereocenters. The first-order valence-corrected chi connectivity index (χ1v) is 7.79. The monoisotopic (exact) mass is 330 g/mol. The van der Waals surface area contributed by atoms with Gasteiger partial charge in [-0.15, -0.1) is 0 Å². The SMILES string of the molecule is COCC(=O)N1CCC(NCc2cc(Cl)ccc2Cl)CC1. The van der Waals surface area contributed by atoms with Gasteiger partial charge < -0.3 is 15.0 Å². The number of likely N-dealkylation sites (tertiary alicyclic amines) is 1. The third-order valence-corrected chi connectivity index (χ3v) is 4.31. The Morgan fingerprint density at radius 2 is 2.10 bits per heavy atom. The van der Waals surface area contributed by atoms with Crippen LogP contribution in [0, 0.1) is 0 Å². The lowest BCUT2D eigenvalue weighted by Gasteiger charge is -2.32. The number of carbonyl (C=O) groups excluding carboxylic acids is 1. The third-order valence-electron chi connectivity index (χ3n) is 3.70. The molecule has 0 unspecified atom stereocenters. The smallest absolute Gasteiger partial charge is 0.248 e. The highest BCUT2D eigenvalue weighted by Crippen LogP contribution is 2.21. The minimum absolute atomic E-state index is 0.0637. The zero-order valence-electron chi connectivity index (χ0n) is 12.1. The van der Waals surface area contributed by atoms with E-state index in [9.17, 15) is 4.79 Å². The average molecular weight is 331 g/mol. The van der Waals surface area contributed by atoms with E-state index in [0.29, 0.717) is 17.6 Å². The van der Waals surface area contributed by atoms with Crippen molar-refractivity contribution in [1.82, 2.24) is 10.2 Å². The lowest BCUT2D eigenvalue weighted by atomic mass is 10.0. The summed E-state index contributed by atoms with van der Waals surface area (Å²) in [7, 11) is 1.54. The standard InChI is InChI=1S/C15H20Cl2N2O2/c1-21-10-15(20)19-6-4-13(5-7-19)18-9-11-8-12(16)2-3-14(11)17/h2-3,8,13,18H,4-7,9-10H2,1H3. The average Bonchev–Trinajstić information content (AvgIpc) is 2.49. The number of nitrogens with zero attached hydrogens (tertiary/aromatic N) is 1. The Bertz CT molecular complexity index is 489. The summed E-state index contributed by atoms with van der Waals surface area (Å²) in [4.78, 5) is 13.6. The fourth-order valence-corrected chi connectivity index (χ4v) is 2.86. The predicted octanol–water partition coefficient (Wildman–Crippen LogP) is 2.72. The zero-order valence-corrected chi connectivity index (χ0v) is 13.6. The Morgan fingerprint density at radius 3 is 2.76 bits per heavy atom. The molecule has 0 saturated carbocycles. The molecule has 1 saturated heterocycles. The molecule has 4 nitrogen and oxygen atoms in total. The Kier molecular flexibility index (Phi) is 6.30. The van der Waals surface area contributed by atoms with Gasteiger partial charge in [-0.25, -0.2) is 0 Å². The predicted molar refractivity (Wildman–Crippen MR) is 84.8 cm³/mol. The van der Waals surface area contributed by atoms with Crippen LogP contribution in [0.5, 0.6) is 0 Å². The largest absolute Gasteiger partial charge is 0.375 e. The molecule has 1 fully saturated rings. The first-order chi connectivity index (χ1) is 10.1. The molecule has 1 amide bonds. The topological polar surface area (TPSA) is 41.6 Å². The van der Waals surface area contributed by atoms with E-state index in [-0.39, 0.29) is 12.5 Å². The lowest BCUT2D eigenvalue weighted by Crippen LogP contribution is -2.45. The molecule has 1 aliphatic heterocycles. The van der Waals surface area contributed by atoms with Crippen molar-refractivity contribution in [2.75, 3.05) is 26.8 Å². The summed E-state index contributed by atoms with van der Waals surface area (Å²) in [5, 5.41) is 4.90. The van der Waals surface area contributed by atoms with Crippen LogP contribution in [0.2, 0.25) is 10.0 Å². The van der Waals surface area contributed by atoms with E-state index in [0.717, 1.165) is 36.5 Å². The number of amides is 1. The minimum Gasteiger partial charge on any atom is -0.375 e. The van der Waals surface area contributed by atoms with Crippen LogP contribution in [0.1, 0.15) is 18.4 Å². The van der Waals surface area contributed by atoms with Crippen LogP contribution in [-0.2, 0) is 16.1 Å². The summed E-state index contributed by atoms with van der Waals surface area (Å²) >= 11 is 12.1. The van der Waals surface area contributed by atoms with Crippen molar-refractivity contribution in [3.63, 3.8) is 0 Å². The maximum Gasteiger partial charge on any atom is 0.248 e. The normalized spacial score (nSPS) is 16.2. The van der Waals surface area contributed by atoms with E-state index < -0.39 is 0 Å². The quantitative estimate of drug-likeness (QED) is 0.902. The molecule has 1 aromatic carbocycles. The summed E-state index contributed by atoms with van der Waals surface area (Å²) in [5.41, 5.74) is 1.00. The summed E-state index contributed by atoms with van der Waals surface area (Å²) in [6, 6.07) is 5.88. The van der Waals surface area contributed by atoms with Crippen molar-refractivity contribution in [2.24, 2.45) is 0 Å². The summed E-state index contributed by atoms with van der Waals surface area (Å²) < 4.78 is 4.88. The number of hydrogen-bond acceptors (Lipinski definition) is 3. The first-order valence-electron chi connectivity index (χ1n) is 7.04. The second kappa shape index (κ2) is 7.99. The summed E-state index contributed by atoms with van der Waals surface area (Å²) in [6.07, 6.45) is 1.88. The van der Waals surface area contributed by atoms with Crippen molar-refractivity contribution in [1.29, 1.82) is 0 Å². The van der Waals surface area contributed by atoms with Crippen molar-refractivity contribution >= 4 is 29.1 Å². The van der Waals surface area contributed by atoms with Gasteiger partial charge in [-0.1, -0.05) is 23.2 Å². The van der Waals surface area contributed by atoms with E-state index in [2.05, 4.69) is 5.32 Å². The molecular formula is C15H20Cl2N2O2. The molecule has 0 radical (unpaired) electrons. The highest BCUT2D eigenvalue weighted by atomic mass is 35.5. The first kappa shape index (κ1) is 16.6. The molecule has 1 aromatic rings. The van der Waals surface area contributed by atoms with Crippen molar-refractivity contribution in [2.45, 2.75) is 25.4 Å². The van der Waals surface area contributed by atoms with Crippen LogP contribution < -0.4 is 5.32 Å². The molecule has 0 bridgehead atoms. The molecule has 21 heavy (non-hydrogen) atoms. The Labute approximate surface area is 135 Å². The van der Waals surface area contributed by atoms with E-state index in [1.54, 1.807) is 13.2 Å². The molecule has 116 valence electrons. The molecule has 1 heterocycles. The zero-order chi connectivity index (χ0) is 15.2. The molecule has 0 aliphatic carbocycles. The maximum atomic E-state index is 11.7. The number of hydrogen-bond donors (Lipinski definition) is 1. The molecule has 0 aromatic heterocycles. The lowest BCUT2D eigenvalue weighted by molar-refractivity contribution is -0.136. The fourth-order valence-electron chi connectivity index (χ4n) is 2.48. The van der Waals surface area contributed by atoms with Gasteiger partial charge in [0.15, 0.2) is 0 Å². The van der Waals surface area contributed by atoms with E-state index >= 15 is 0 Å². The van der Waals surface area contributed by atoms with Crippen LogP contribution in [0.15, 0.2) is 18.2 Å². The minimum atomic E-state index is 0.0637. The number of nitrogens with one attached hydrogen (secondary N) is 1. The molecule has 1 N–H and O–H groups in total. The maximum absolute atomic E-state index is 11.7. The molecule has 2 rings (SSSR count). The highest BCUT2D eigenvalue weighted by Gasteiger charge is 2.22. The Balaban J connectivity index is 1.79. The van der Waals surface area contributed by atoms with E-state index in [4.69, 9.17) is 27.9 Å². The van der Waals surface area contributed by atoms with Crippen LogP contribution >= 0.6 is 23.2 Å². The van der Waals surface area contributed by atoms with E-state index in [1.807, 2.05) is 17.0 Å². The fraction of sp³-hybridized carbons (Fsp3) is 0.533. The van der Waals surface area contributed by atoms with E-state index in [1.165, 1.54) is 0 Å². The van der Waals surface area contributed by atoms with Gasteiger partial charge in [0.25, 0.3) is 0 Å². The van der Waals surface area contributed by atoms with Crippen molar-refractivity contribution in [3.8, 4) is 0 Å². The molecular weight excluding hydrogens is 311 g/mol. The van der Waals surface area contributed by atoms with Crippen LogP contribution in [0.25, 0.3) is 0 Å². The van der Waals surface area contributed by atoms with Crippen LogP contribution in [0.4, 0.5) is 0 Å². The number of ether oxygens (including phenoxy) is 1. The second-order valence-corrected chi connectivity index (χ2v) is 6.05. The van der Waals surface area contributed by atoms with Gasteiger partial charge in [0.2, 0.25) is 5.91 Å². The number of benzene rings is 1. The number of halogens is 2. The van der Waals surface area contributed by atoms with Gasteiger partial charge in [0, 0.05) is 42.8 Å². The summed E-state index contributed by atoms with van der Waals surface area (Å²) in [5.74, 6) is 0.0637. The number of carbonyl (C=O) groups is 1. The van der Waals surface area contributed by atoms with Gasteiger partial charge in [0.05, 0.1) is 0 Å². The number of piperidine rings is 1. The number of methoxy groups -OCH3 is 1. The van der Waals surface area contributed by atoms with Gasteiger partial charge >= 0.3 is 0 Å². The Hall–Kier alpha value is -0.810. The van der Waals surface area contributed by atoms with Crippen molar-refractivity contribution in [3.05, 3.63) is 33.8 Å². The van der Waals surface area contributed by atoms with Crippen LogP contribution in [-0.4, -0.2) is 43.7 Å². The van der Waals surface area contributed by atoms with Crippen molar-refractivity contribution < 1.29 is 9.53 Å².